The van der Waals surface area contributed by atoms with Gasteiger partial charge in [0, 0.05) is 5.56 Å². The first-order chi connectivity index (χ1) is 9.88. The molecule has 0 bridgehead atoms. The first-order valence-electron chi connectivity index (χ1n) is 6.65. The second kappa shape index (κ2) is 4.43. The third-order valence-corrected chi connectivity index (χ3v) is 4.71. The number of nitrogens with zero attached hydrogens (tertiary/aromatic N) is 1. The van der Waals surface area contributed by atoms with E-state index in [2.05, 4.69) is 54.0 Å². The maximum atomic E-state index is 4.54. The lowest BCUT2D eigenvalue weighted by molar-refractivity contribution is 1.25. The van der Waals surface area contributed by atoms with Gasteiger partial charge in [-0.15, -0.1) is 11.3 Å². The van der Waals surface area contributed by atoms with Crippen LogP contribution in [0.15, 0.2) is 54.6 Å². The number of fused-ring (bicyclic) bond motifs is 3. The van der Waals surface area contributed by atoms with Gasteiger partial charge in [-0.1, -0.05) is 49.0 Å². The van der Waals surface area contributed by atoms with Crippen molar-refractivity contribution in [2.24, 2.45) is 0 Å². The van der Waals surface area contributed by atoms with Crippen LogP contribution in [0.2, 0.25) is 0 Å². The zero-order chi connectivity index (χ0) is 13.5. The molecule has 0 radical (unpaired) electrons. The van der Waals surface area contributed by atoms with Crippen LogP contribution in [-0.2, 0) is 6.42 Å². The van der Waals surface area contributed by atoms with Crippen LogP contribution < -0.4 is 0 Å². The minimum absolute atomic E-state index is 0.996. The molecular weight excluding hydrogens is 262 g/mol. The predicted molar refractivity (Wildman–Crippen MR) is 85.9 cm³/mol. The van der Waals surface area contributed by atoms with Gasteiger partial charge >= 0.3 is 0 Å². The number of rotatable bonds is 2. The maximum absolute atomic E-state index is 4.54. The number of hydrogen-bond acceptors (Lipinski definition) is 2. The fourth-order valence-electron chi connectivity index (χ4n) is 2.98. The molecule has 0 saturated heterocycles. The Bertz CT molecular complexity index is 814. The molecule has 1 aliphatic rings. The summed E-state index contributed by atoms with van der Waals surface area (Å²) in [5, 5.41) is 0. The highest BCUT2D eigenvalue weighted by Crippen LogP contribution is 2.42. The van der Waals surface area contributed by atoms with Gasteiger partial charge in [0.25, 0.3) is 0 Å². The van der Waals surface area contributed by atoms with Crippen LogP contribution in [0.4, 0.5) is 0 Å². The molecule has 0 saturated carbocycles. The van der Waals surface area contributed by atoms with Crippen molar-refractivity contribution in [1.82, 2.24) is 4.98 Å². The summed E-state index contributed by atoms with van der Waals surface area (Å²) in [6.07, 6.45) is 2.89. The lowest BCUT2D eigenvalue weighted by atomic mass is 9.98. The molecule has 96 valence electrons. The summed E-state index contributed by atoms with van der Waals surface area (Å²) in [5.74, 6) is 0. The Morgan fingerprint density at radius 3 is 2.70 bits per heavy atom. The summed E-state index contributed by atoms with van der Waals surface area (Å²) in [5.41, 5.74) is 9.71. The van der Waals surface area contributed by atoms with Gasteiger partial charge in [-0.25, -0.2) is 4.98 Å². The summed E-state index contributed by atoms with van der Waals surface area (Å²) in [7, 11) is 0. The monoisotopic (exact) mass is 275 g/mol. The van der Waals surface area contributed by atoms with Crippen LogP contribution in [-0.4, -0.2) is 4.98 Å². The molecule has 20 heavy (non-hydrogen) atoms. The fourth-order valence-corrected chi connectivity index (χ4v) is 3.62. The smallest absolute Gasteiger partial charge is 0.0887 e. The molecule has 0 unspecified atom stereocenters. The Hall–Kier alpha value is -2.19. The van der Waals surface area contributed by atoms with Crippen LogP contribution >= 0.6 is 11.3 Å². The third-order valence-electron chi connectivity index (χ3n) is 3.89. The van der Waals surface area contributed by atoms with Crippen LogP contribution in [0.25, 0.3) is 28.5 Å². The van der Waals surface area contributed by atoms with E-state index in [1.165, 1.54) is 27.8 Å². The summed E-state index contributed by atoms with van der Waals surface area (Å²) >= 11 is 1.64. The highest BCUT2D eigenvalue weighted by Gasteiger charge is 2.22. The van der Waals surface area contributed by atoms with Gasteiger partial charge in [-0.2, -0.15) is 0 Å². The molecule has 2 heteroatoms. The molecule has 3 aromatic rings. The molecule has 0 spiro atoms. The van der Waals surface area contributed by atoms with Gasteiger partial charge in [-0.05, 0) is 34.8 Å². The molecule has 0 aliphatic heterocycles. The van der Waals surface area contributed by atoms with Crippen molar-refractivity contribution in [3.63, 3.8) is 0 Å². The molecule has 1 aromatic heterocycles. The topological polar surface area (TPSA) is 12.9 Å². The lowest BCUT2D eigenvalue weighted by Crippen LogP contribution is -1.89. The normalized spacial score (nSPS) is 12.0. The predicted octanol–water partition coefficient (Wildman–Crippen LogP) is 5.02. The number of thiazole rings is 1. The second-order valence-corrected chi connectivity index (χ2v) is 5.82. The van der Waals surface area contributed by atoms with E-state index in [9.17, 15) is 0 Å². The quantitative estimate of drug-likeness (QED) is 0.500. The molecule has 4 rings (SSSR count). The highest BCUT2D eigenvalue weighted by atomic mass is 32.1. The van der Waals surface area contributed by atoms with Gasteiger partial charge in [0.1, 0.15) is 0 Å². The third kappa shape index (κ3) is 1.58. The van der Waals surface area contributed by atoms with Crippen LogP contribution in [0.3, 0.4) is 0 Å². The van der Waals surface area contributed by atoms with E-state index in [4.69, 9.17) is 0 Å². The van der Waals surface area contributed by atoms with Crippen molar-refractivity contribution >= 4 is 17.4 Å². The van der Waals surface area contributed by atoms with E-state index in [1.54, 1.807) is 11.3 Å². The van der Waals surface area contributed by atoms with Crippen molar-refractivity contribution in [3.05, 3.63) is 70.6 Å². The minimum Gasteiger partial charge on any atom is -0.244 e. The minimum atomic E-state index is 0.996. The molecule has 1 heterocycles. The Kier molecular flexibility index (Phi) is 2.57. The van der Waals surface area contributed by atoms with Crippen molar-refractivity contribution in [1.29, 1.82) is 0 Å². The maximum Gasteiger partial charge on any atom is 0.0887 e. The Morgan fingerprint density at radius 1 is 1.00 bits per heavy atom. The standard InChI is InChI=1S/C18H13NS/c1-2-17-18(19-11-20-17)15-9-5-8-14-13-7-4-3-6-12(13)10-16(14)15/h2-9,11H,1,10H2. The van der Waals surface area contributed by atoms with E-state index in [0.717, 1.165) is 17.0 Å². The second-order valence-electron chi connectivity index (χ2n) is 4.93. The van der Waals surface area contributed by atoms with E-state index in [1.807, 2.05) is 11.6 Å². The molecular formula is C18H13NS. The van der Waals surface area contributed by atoms with Crippen molar-refractivity contribution < 1.29 is 0 Å². The molecule has 1 nitrogen and oxygen atoms in total. The number of aromatic nitrogens is 1. The van der Waals surface area contributed by atoms with Gasteiger partial charge in [0.05, 0.1) is 16.1 Å². The molecule has 2 aromatic carbocycles. The van der Waals surface area contributed by atoms with Crippen LogP contribution in [0, 0.1) is 0 Å². The van der Waals surface area contributed by atoms with E-state index in [-0.39, 0.29) is 0 Å². The van der Waals surface area contributed by atoms with Gasteiger partial charge in [0.2, 0.25) is 0 Å². The van der Waals surface area contributed by atoms with E-state index < -0.39 is 0 Å². The molecule has 1 aliphatic carbocycles. The number of hydrogen-bond donors (Lipinski definition) is 0. The zero-order valence-electron chi connectivity index (χ0n) is 11.0. The lowest BCUT2D eigenvalue weighted by Gasteiger charge is -2.07. The van der Waals surface area contributed by atoms with Crippen molar-refractivity contribution in [3.8, 4) is 22.4 Å². The summed E-state index contributed by atoms with van der Waals surface area (Å²) in [6, 6.07) is 15.2. The van der Waals surface area contributed by atoms with Crippen LogP contribution in [0.1, 0.15) is 16.0 Å². The molecule has 0 fully saturated rings. The summed E-state index contributed by atoms with van der Waals surface area (Å²) < 4.78 is 0. The van der Waals surface area contributed by atoms with E-state index in [0.29, 0.717) is 0 Å². The fraction of sp³-hybridized carbons (Fsp3) is 0.0556. The van der Waals surface area contributed by atoms with Gasteiger partial charge in [0.15, 0.2) is 0 Å². The largest absolute Gasteiger partial charge is 0.244 e. The molecule has 0 amide bonds. The van der Waals surface area contributed by atoms with E-state index >= 15 is 0 Å². The SMILES string of the molecule is C=Cc1scnc1-c1cccc2c1Cc1ccccc1-2. The average Bonchev–Trinajstić information content (AvgIpc) is 3.10. The Morgan fingerprint density at radius 2 is 1.80 bits per heavy atom. The van der Waals surface area contributed by atoms with Gasteiger partial charge in [-0.3, -0.25) is 0 Å². The average molecular weight is 275 g/mol. The number of benzene rings is 2. The Labute approximate surface area is 122 Å². The molecule has 0 N–H and O–H groups in total. The van der Waals surface area contributed by atoms with Crippen molar-refractivity contribution in [2.75, 3.05) is 0 Å². The highest BCUT2D eigenvalue weighted by molar-refractivity contribution is 7.11. The summed E-state index contributed by atoms with van der Waals surface area (Å²) in [4.78, 5) is 5.69. The van der Waals surface area contributed by atoms with Crippen LogP contribution in [0.5, 0.6) is 0 Å². The zero-order valence-corrected chi connectivity index (χ0v) is 11.8. The first-order valence-corrected chi connectivity index (χ1v) is 7.53. The first kappa shape index (κ1) is 11.6. The Balaban J connectivity index is 1.96. The molecule has 0 atom stereocenters. The van der Waals surface area contributed by atoms with Gasteiger partial charge < -0.3 is 0 Å². The van der Waals surface area contributed by atoms with Crippen molar-refractivity contribution in [2.45, 2.75) is 6.42 Å². The summed E-state index contributed by atoms with van der Waals surface area (Å²) in [6.45, 7) is 3.89.